The van der Waals surface area contributed by atoms with Crippen molar-refractivity contribution in [1.82, 2.24) is 15.1 Å². The summed E-state index contributed by atoms with van der Waals surface area (Å²) in [6.07, 6.45) is 2.64. The average molecular weight is 300 g/mol. The van der Waals surface area contributed by atoms with Crippen molar-refractivity contribution in [2.24, 2.45) is 7.05 Å². The van der Waals surface area contributed by atoms with Gasteiger partial charge >= 0.3 is 0 Å². The molecule has 0 aliphatic heterocycles. The fourth-order valence-corrected chi connectivity index (χ4v) is 2.16. The van der Waals surface area contributed by atoms with Crippen LogP contribution in [0.4, 0.5) is 8.78 Å². The highest BCUT2D eigenvalue weighted by Gasteiger charge is 2.21. The monoisotopic (exact) mass is 299 g/mol. The van der Waals surface area contributed by atoms with Crippen LogP contribution in [0, 0.1) is 11.6 Å². The van der Waals surface area contributed by atoms with Crippen molar-refractivity contribution in [2.45, 2.75) is 19.4 Å². The van der Waals surface area contributed by atoms with E-state index >= 15 is 0 Å². The highest BCUT2D eigenvalue weighted by Crippen LogP contribution is 2.27. The van der Waals surface area contributed by atoms with Crippen molar-refractivity contribution < 1.29 is 8.78 Å². The molecule has 20 heavy (non-hydrogen) atoms. The molecular weight excluding hydrogens is 284 g/mol. The van der Waals surface area contributed by atoms with Crippen molar-refractivity contribution in [1.29, 1.82) is 0 Å². The molecule has 1 atom stereocenters. The summed E-state index contributed by atoms with van der Waals surface area (Å²) in [6.45, 7) is 2.67. The normalized spacial score (nSPS) is 12.7. The number of aryl methyl sites for hydroxylation is 1. The molecule has 0 fully saturated rings. The molecule has 1 aromatic heterocycles. The van der Waals surface area contributed by atoms with Gasteiger partial charge in [-0.05, 0) is 31.2 Å². The topological polar surface area (TPSA) is 29.9 Å². The molecule has 2 rings (SSSR count). The summed E-state index contributed by atoms with van der Waals surface area (Å²) in [5.41, 5.74) is 0.848. The molecule has 0 aliphatic carbocycles. The molecule has 0 amide bonds. The summed E-state index contributed by atoms with van der Waals surface area (Å²) in [7, 11) is 1.78. The smallest absolute Gasteiger partial charge is 0.142 e. The Morgan fingerprint density at radius 3 is 2.70 bits per heavy atom. The Kier molecular flexibility index (Phi) is 4.73. The van der Waals surface area contributed by atoms with E-state index in [1.54, 1.807) is 24.0 Å². The molecule has 2 aromatic rings. The van der Waals surface area contributed by atoms with E-state index in [4.69, 9.17) is 11.6 Å². The van der Waals surface area contributed by atoms with Gasteiger partial charge in [0.2, 0.25) is 0 Å². The van der Waals surface area contributed by atoms with Crippen molar-refractivity contribution in [3.8, 4) is 0 Å². The van der Waals surface area contributed by atoms with E-state index in [1.165, 1.54) is 0 Å². The number of rotatable bonds is 5. The second-order valence-electron chi connectivity index (χ2n) is 4.59. The van der Waals surface area contributed by atoms with E-state index in [-0.39, 0.29) is 10.6 Å². The van der Waals surface area contributed by atoms with Crippen molar-refractivity contribution in [3.63, 3.8) is 0 Å². The van der Waals surface area contributed by atoms with Gasteiger partial charge in [0.05, 0.1) is 16.8 Å². The number of halogens is 3. The zero-order valence-electron chi connectivity index (χ0n) is 11.3. The molecule has 0 bridgehead atoms. The van der Waals surface area contributed by atoms with Gasteiger partial charge in [-0.15, -0.1) is 0 Å². The summed E-state index contributed by atoms with van der Waals surface area (Å²) in [5.74, 6) is -1.18. The molecule has 1 aromatic carbocycles. The third-order valence-corrected chi connectivity index (χ3v) is 3.27. The molecule has 0 saturated heterocycles. The summed E-state index contributed by atoms with van der Waals surface area (Å²) >= 11 is 5.59. The summed E-state index contributed by atoms with van der Waals surface area (Å²) < 4.78 is 29.3. The summed E-state index contributed by atoms with van der Waals surface area (Å²) in [4.78, 5) is 0. The molecule has 0 radical (unpaired) electrons. The van der Waals surface area contributed by atoms with Crippen LogP contribution in [0.15, 0.2) is 24.4 Å². The molecule has 6 heteroatoms. The van der Waals surface area contributed by atoms with Crippen molar-refractivity contribution in [3.05, 3.63) is 52.3 Å². The van der Waals surface area contributed by atoms with E-state index in [0.29, 0.717) is 12.2 Å². The summed E-state index contributed by atoms with van der Waals surface area (Å²) in [6, 6.07) is 3.40. The molecule has 3 nitrogen and oxygen atoms in total. The van der Waals surface area contributed by atoms with Crippen LogP contribution in [-0.2, 0) is 7.05 Å². The van der Waals surface area contributed by atoms with Gasteiger partial charge in [0, 0.05) is 18.8 Å². The van der Waals surface area contributed by atoms with Gasteiger partial charge in [-0.3, -0.25) is 4.68 Å². The van der Waals surface area contributed by atoms with Crippen LogP contribution in [-0.4, -0.2) is 16.3 Å². The van der Waals surface area contributed by atoms with Gasteiger partial charge in [-0.1, -0.05) is 18.5 Å². The molecule has 0 aliphatic rings. The Balaban J connectivity index is 2.43. The number of hydrogen-bond acceptors (Lipinski definition) is 2. The van der Waals surface area contributed by atoms with Gasteiger partial charge in [0.15, 0.2) is 0 Å². The highest BCUT2D eigenvalue weighted by molar-refractivity contribution is 6.30. The quantitative estimate of drug-likeness (QED) is 0.857. The lowest BCUT2D eigenvalue weighted by Gasteiger charge is -2.18. The number of aromatic nitrogens is 2. The van der Waals surface area contributed by atoms with Gasteiger partial charge in [0.25, 0.3) is 0 Å². The number of nitrogens with zero attached hydrogens (tertiary/aromatic N) is 2. The largest absolute Gasteiger partial charge is 0.305 e. The minimum atomic E-state index is -0.637. The second-order valence-corrected chi connectivity index (χ2v) is 5.00. The van der Waals surface area contributed by atoms with Crippen molar-refractivity contribution in [2.75, 3.05) is 6.54 Å². The first kappa shape index (κ1) is 14.9. The first-order valence-corrected chi connectivity index (χ1v) is 6.78. The van der Waals surface area contributed by atoms with Crippen LogP contribution in [0.3, 0.4) is 0 Å². The third kappa shape index (κ3) is 3.16. The molecule has 1 unspecified atom stereocenters. The third-order valence-electron chi connectivity index (χ3n) is 2.98. The Morgan fingerprint density at radius 1 is 1.35 bits per heavy atom. The Morgan fingerprint density at radius 2 is 2.10 bits per heavy atom. The zero-order valence-corrected chi connectivity index (χ0v) is 12.1. The first-order valence-electron chi connectivity index (χ1n) is 6.40. The lowest BCUT2D eigenvalue weighted by molar-refractivity contribution is 0.524. The Hall–Kier alpha value is -1.46. The van der Waals surface area contributed by atoms with Gasteiger partial charge < -0.3 is 5.32 Å². The molecule has 1 heterocycles. The van der Waals surface area contributed by atoms with E-state index in [2.05, 4.69) is 10.4 Å². The van der Waals surface area contributed by atoms with Crippen LogP contribution in [0.2, 0.25) is 5.02 Å². The SMILES string of the molecule is CCCNC(c1ccn(C)n1)c1cc(F)c(Cl)cc1F. The maximum absolute atomic E-state index is 14.1. The Bertz CT molecular complexity index is 598. The molecule has 108 valence electrons. The minimum Gasteiger partial charge on any atom is -0.305 e. The first-order chi connectivity index (χ1) is 9.52. The maximum atomic E-state index is 14.1. The predicted octanol–water partition coefficient (Wildman–Crippen LogP) is 3.44. The standard InChI is InChI=1S/C14H16ClF2N3/c1-3-5-18-14(13-4-6-20(2)19-13)9-7-12(17)10(15)8-11(9)16/h4,6-8,14,18H,3,5H2,1-2H3. The van der Waals surface area contributed by atoms with Crippen molar-refractivity contribution >= 4 is 11.6 Å². The van der Waals surface area contributed by atoms with Gasteiger partial charge in [-0.2, -0.15) is 5.10 Å². The van der Waals surface area contributed by atoms with Crippen LogP contribution >= 0.6 is 11.6 Å². The molecular formula is C14H16ClF2N3. The van der Waals surface area contributed by atoms with E-state index in [1.807, 2.05) is 6.92 Å². The number of hydrogen-bond donors (Lipinski definition) is 1. The second kappa shape index (κ2) is 6.33. The van der Waals surface area contributed by atoms with Gasteiger partial charge in [-0.25, -0.2) is 8.78 Å². The van der Waals surface area contributed by atoms with Crippen LogP contribution in [0.1, 0.15) is 30.6 Å². The fourth-order valence-electron chi connectivity index (χ4n) is 2.01. The van der Waals surface area contributed by atoms with Crippen LogP contribution in [0.25, 0.3) is 0 Å². The lowest BCUT2D eigenvalue weighted by Crippen LogP contribution is -2.25. The van der Waals surface area contributed by atoms with Crippen LogP contribution < -0.4 is 5.32 Å². The zero-order chi connectivity index (χ0) is 14.7. The van der Waals surface area contributed by atoms with E-state index in [9.17, 15) is 8.78 Å². The van der Waals surface area contributed by atoms with E-state index < -0.39 is 17.7 Å². The molecule has 1 N–H and O–H groups in total. The average Bonchev–Trinajstić information content (AvgIpc) is 2.82. The molecule has 0 saturated carbocycles. The molecule has 0 spiro atoms. The fraction of sp³-hybridized carbons (Fsp3) is 0.357. The number of benzene rings is 1. The van der Waals surface area contributed by atoms with E-state index in [0.717, 1.165) is 18.6 Å². The lowest BCUT2D eigenvalue weighted by atomic mass is 10.0. The maximum Gasteiger partial charge on any atom is 0.142 e. The van der Waals surface area contributed by atoms with Gasteiger partial charge in [0.1, 0.15) is 11.6 Å². The Labute approximate surface area is 121 Å². The number of nitrogens with one attached hydrogen (secondary N) is 1. The minimum absolute atomic E-state index is 0.207. The highest BCUT2D eigenvalue weighted by atomic mass is 35.5. The van der Waals surface area contributed by atoms with Crippen LogP contribution in [0.5, 0.6) is 0 Å². The summed E-state index contributed by atoms with van der Waals surface area (Å²) in [5, 5.41) is 7.22. The predicted molar refractivity (Wildman–Crippen MR) is 74.7 cm³/mol.